The van der Waals surface area contributed by atoms with Crippen LogP contribution in [0.5, 0.6) is 17.5 Å². The Kier molecular flexibility index (Phi) is 6.75. The minimum absolute atomic E-state index is 0.0453. The number of anilines is 1. The molecule has 1 amide bonds. The molecule has 1 aliphatic heterocycles. The first kappa shape index (κ1) is 27.4. The van der Waals surface area contributed by atoms with Crippen LogP contribution >= 0.6 is 11.6 Å². The van der Waals surface area contributed by atoms with Crippen LogP contribution in [0, 0.1) is 0 Å². The molecule has 4 aromatic rings. The largest absolute Gasteiger partial charge is 0.493 e. The van der Waals surface area contributed by atoms with E-state index < -0.39 is 23.1 Å². The average molecular weight is 579 g/mol. The van der Waals surface area contributed by atoms with Gasteiger partial charge in [-0.15, -0.1) is 0 Å². The van der Waals surface area contributed by atoms with Crippen molar-refractivity contribution < 1.29 is 24.2 Å². The zero-order valence-electron chi connectivity index (χ0n) is 22.5. The first-order chi connectivity index (χ1) is 19.4. The number of halogens is 1. The number of aromatic nitrogens is 4. The number of benzene rings is 2. The summed E-state index contributed by atoms with van der Waals surface area (Å²) in [4.78, 5) is 54.0. The molecule has 0 aliphatic carbocycles. The van der Waals surface area contributed by atoms with Crippen molar-refractivity contribution in [2.45, 2.75) is 6.92 Å². The number of aromatic carboxylic acids is 1. The summed E-state index contributed by atoms with van der Waals surface area (Å²) in [7, 11) is 5.95. The molecule has 13 nitrogen and oxygen atoms in total. The molecule has 0 bridgehead atoms. The molecule has 0 fully saturated rings. The van der Waals surface area contributed by atoms with Gasteiger partial charge in [0.1, 0.15) is 0 Å². The molecule has 0 radical (unpaired) electrons. The number of hydrazone groups is 1. The van der Waals surface area contributed by atoms with Gasteiger partial charge < -0.3 is 14.6 Å². The van der Waals surface area contributed by atoms with Crippen LogP contribution in [0.3, 0.4) is 0 Å². The standard InChI is InChI=1S/C27H23ClN6O7/c1-13-16(23(35)34(30-13)15-7-8-18(28)17(12-15)25(37)38)10-14-6-9-19(20(11-14)40-5)41-26-29-22-21(31(26)2)24(36)33(4)27(39)32(22)3/h6-12H,1-5H3,(H,37,38). The molecule has 0 unspecified atom stereocenters. The molecule has 3 heterocycles. The lowest BCUT2D eigenvalue weighted by Crippen LogP contribution is -2.37. The fourth-order valence-corrected chi connectivity index (χ4v) is 4.58. The number of methoxy groups -OCH3 is 1. The van der Waals surface area contributed by atoms with E-state index in [1.807, 2.05) is 0 Å². The number of ether oxygens (including phenoxy) is 2. The van der Waals surface area contributed by atoms with Crippen molar-refractivity contribution in [1.82, 2.24) is 18.7 Å². The van der Waals surface area contributed by atoms with E-state index in [0.29, 0.717) is 22.6 Å². The van der Waals surface area contributed by atoms with Gasteiger partial charge in [-0.2, -0.15) is 15.1 Å². The molecular weight excluding hydrogens is 556 g/mol. The monoisotopic (exact) mass is 578 g/mol. The maximum atomic E-state index is 13.2. The Morgan fingerprint density at radius 3 is 2.41 bits per heavy atom. The Hall–Kier alpha value is -5.17. The van der Waals surface area contributed by atoms with Gasteiger partial charge in [-0.1, -0.05) is 17.7 Å². The summed E-state index contributed by atoms with van der Waals surface area (Å²) in [5.74, 6) is -1.08. The predicted octanol–water partition coefficient (Wildman–Crippen LogP) is 2.93. The molecule has 1 N–H and O–H groups in total. The van der Waals surface area contributed by atoms with Gasteiger partial charge in [-0.3, -0.25) is 23.3 Å². The number of imidazole rings is 1. The van der Waals surface area contributed by atoms with Crippen molar-refractivity contribution in [2.75, 3.05) is 12.1 Å². The lowest BCUT2D eigenvalue weighted by Gasteiger charge is -2.13. The fourth-order valence-electron chi connectivity index (χ4n) is 4.38. The third-order valence-corrected chi connectivity index (χ3v) is 6.95. The van der Waals surface area contributed by atoms with Crippen LogP contribution in [-0.2, 0) is 25.9 Å². The molecular formula is C27H23ClN6O7. The number of carbonyl (C=O) groups is 2. The van der Waals surface area contributed by atoms with E-state index in [0.717, 1.165) is 9.58 Å². The maximum Gasteiger partial charge on any atom is 0.337 e. The Morgan fingerprint density at radius 2 is 1.73 bits per heavy atom. The van der Waals surface area contributed by atoms with Crippen molar-refractivity contribution in [1.29, 1.82) is 0 Å². The Morgan fingerprint density at radius 1 is 1.00 bits per heavy atom. The van der Waals surface area contributed by atoms with E-state index in [4.69, 9.17) is 21.1 Å². The Balaban J connectivity index is 1.47. The quantitative estimate of drug-likeness (QED) is 0.343. The van der Waals surface area contributed by atoms with Crippen LogP contribution < -0.4 is 25.7 Å². The number of carboxylic acids is 1. The molecule has 210 valence electrons. The molecule has 5 rings (SSSR count). The zero-order valence-corrected chi connectivity index (χ0v) is 23.3. The first-order valence-corrected chi connectivity index (χ1v) is 12.4. The van der Waals surface area contributed by atoms with Crippen LogP contribution in [0.25, 0.3) is 17.2 Å². The van der Waals surface area contributed by atoms with Crippen LogP contribution in [-0.4, -0.2) is 48.5 Å². The molecule has 0 spiro atoms. The van der Waals surface area contributed by atoms with Gasteiger partial charge in [0, 0.05) is 21.1 Å². The molecule has 0 saturated carbocycles. The maximum absolute atomic E-state index is 13.2. The first-order valence-electron chi connectivity index (χ1n) is 12.1. The summed E-state index contributed by atoms with van der Waals surface area (Å²) in [6.07, 6.45) is 1.62. The van der Waals surface area contributed by atoms with Crippen molar-refractivity contribution >= 4 is 52.1 Å². The Labute approximate surface area is 236 Å². The smallest absolute Gasteiger partial charge is 0.337 e. The predicted molar refractivity (Wildman–Crippen MR) is 151 cm³/mol. The lowest BCUT2D eigenvalue weighted by molar-refractivity contribution is -0.114. The number of carbonyl (C=O) groups excluding carboxylic acids is 1. The van der Waals surface area contributed by atoms with Crippen LogP contribution in [0.4, 0.5) is 5.69 Å². The van der Waals surface area contributed by atoms with E-state index in [-0.39, 0.29) is 39.2 Å². The molecule has 14 heteroatoms. The highest BCUT2D eigenvalue weighted by Crippen LogP contribution is 2.34. The molecule has 0 saturated heterocycles. The summed E-state index contributed by atoms with van der Waals surface area (Å²) in [5.41, 5.74) is 0.768. The van der Waals surface area contributed by atoms with Crippen molar-refractivity contribution in [2.24, 2.45) is 26.2 Å². The average Bonchev–Trinajstić information content (AvgIpc) is 3.42. The summed E-state index contributed by atoms with van der Waals surface area (Å²) in [6.45, 7) is 1.66. The van der Waals surface area contributed by atoms with Gasteiger partial charge in [0.15, 0.2) is 22.7 Å². The fraction of sp³-hybridized carbons (Fsp3) is 0.185. The van der Waals surface area contributed by atoms with Gasteiger partial charge in [0.2, 0.25) is 0 Å². The highest BCUT2D eigenvalue weighted by atomic mass is 35.5. The van der Waals surface area contributed by atoms with Gasteiger partial charge >= 0.3 is 17.7 Å². The summed E-state index contributed by atoms with van der Waals surface area (Å²) >= 11 is 5.96. The highest BCUT2D eigenvalue weighted by molar-refractivity contribution is 6.34. The molecule has 41 heavy (non-hydrogen) atoms. The number of amides is 1. The molecule has 2 aromatic carbocycles. The van der Waals surface area contributed by atoms with E-state index in [1.54, 1.807) is 38.2 Å². The number of nitrogens with zero attached hydrogens (tertiary/aromatic N) is 6. The van der Waals surface area contributed by atoms with Crippen LogP contribution in [0.1, 0.15) is 22.8 Å². The SMILES string of the molecule is COc1cc(C=C2C(=O)N(c3ccc(Cl)c(C(=O)O)c3)N=C2C)ccc1Oc1nc2c(c(=O)n(C)c(=O)n2C)n1C. The molecule has 2 aromatic heterocycles. The zero-order chi connectivity index (χ0) is 29.7. The van der Waals surface area contributed by atoms with Crippen LogP contribution in [0.15, 0.2) is 56.7 Å². The number of hydrogen-bond donors (Lipinski definition) is 1. The highest BCUT2D eigenvalue weighted by Gasteiger charge is 2.30. The second-order valence-electron chi connectivity index (χ2n) is 9.17. The molecule has 1 aliphatic rings. The third kappa shape index (κ3) is 4.55. The van der Waals surface area contributed by atoms with Gasteiger partial charge in [-0.25, -0.2) is 9.59 Å². The van der Waals surface area contributed by atoms with E-state index in [2.05, 4.69) is 10.1 Å². The van der Waals surface area contributed by atoms with Crippen molar-refractivity contribution in [3.63, 3.8) is 0 Å². The van der Waals surface area contributed by atoms with Crippen molar-refractivity contribution in [3.8, 4) is 17.5 Å². The number of aryl methyl sites for hydroxylation is 2. The third-order valence-electron chi connectivity index (χ3n) is 6.62. The van der Waals surface area contributed by atoms with Gasteiger partial charge in [0.25, 0.3) is 11.5 Å². The van der Waals surface area contributed by atoms with Gasteiger partial charge in [-0.05, 0) is 48.9 Å². The second-order valence-corrected chi connectivity index (χ2v) is 9.58. The lowest BCUT2D eigenvalue weighted by atomic mass is 10.1. The topological polar surface area (TPSA) is 150 Å². The molecule has 0 atom stereocenters. The van der Waals surface area contributed by atoms with E-state index >= 15 is 0 Å². The Bertz CT molecular complexity index is 1970. The number of rotatable bonds is 6. The van der Waals surface area contributed by atoms with Crippen molar-refractivity contribution in [3.05, 3.63) is 79.0 Å². The number of hydrogen-bond acceptors (Lipinski definition) is 8. The number of carboxylic acid groups (broad SMARTS) is 1. The van der Waals surface area contributed by atoms with E-state index in [9.17, 15) is 24.3 Å². The van der Waals surface area contributed by atoms with Crippen LogP contribution in [0.2, 0.25) is 5.02 Å². The summed E-state index contributed by atoms with van der Waals surface area (Å²) < 4.78 is 15.2. The number of fused-ring (bicyclic) bond motifs is 1. The normalized spacial score (nSPS) is 14.2. The van der Waals surface area contributed by atoms with E-state index in [1.165, 1.54) is 48.5 Å². The summed E-state index contributed by atoms with van der Waals surface area (Å²) in [6, 6.07) is 9.21. The van der Waals surface area contributed by atoms with Gasteiger partial charge in [0.05, 0.1) is 34.7 Å². The second kappa shape index (κ2) is 10.1. The minimum atomic E-state index is -1.22. The summed E-state index contributed by atoms with van der Waals surface area (Å²) in [5, 5.41) is 14.8. The minimum Gasteiger partial charge on any atom is -0.493 e.